The van der Waals surface area contributed by atoms with Crippen LogP contribution in [-0.2, 0) is 14.3 Å². The van der Waals surface area contributed by atoms with Gasteiger partial charge in [-0.05, 0) is 92.3 Å². The second-order valence-electron chi connectivity index (χ2n) is 10.5. The van der Waals surface area contributed by atoms with Gasteiger partial charge in [-0.15, -0.1) is 0 Å². The number of likely N-dealkylation sites (N-methyl/N-ethyl adjacent to an activating group) is 1. The van der Waals surface area contributed by atoms with Crippen LogP contribution in [0.4, 0.5) is 0 Å². The van der Waals surface area contributed by atoms with E-state index in [1.165, 1.54) is 64.7 Å². The molecule has 5 heterocycles. The molecule has 5 saturated heterocycles. The molecule has 0 aromatic heterocycles. The van der Waals surface area contributed by atoms with Gasteiger partial charge in [-0.1, -0.05) is 6.42 Å². The Balaban J connectivity index is 0.000000219. The molecular formula is C27H55N5O3. The number of ether oxygens (including phenoxy) is 1. The summed E-state index contributed by atoms with van der Waals surface area (Å²) in [5, 5.41) is 0. The van der Waals surface area contributed by atoms with Gasteiger partial charge in [0.2, 0.25) is 11.8 Å². The Kier molecular flexibility index (Phi) is 18.1. The smallest absolute Gasteiger partial charge is 0.222 e. The SMILES string of the molecule is CN1CCCC1.CN1CCCC1=O.CN1CCCCC1.CN1CCCCC1=O.CN1CCOCC1. The molecule has 0 spiro atoms. The number of carbonyl (C=O) groups is 2. The molecular weight excluding hydrogens is 442 g/mol. The second-order valence-corrected chi connectivity index (χ2v) is 10.5. The molecule has 5 aliphatic rings. The molecule has 2 amide bonds. The number of piperidine rings is 2. The predicted molar refractivity (Wildman–Crippen MR) is 145 cm³/mol. The molecule has 5 aliphatic heterocycles. The van der Waals surface area contributed by atoms with E-state index in [0.717, 1.165) is 65.1 Å². The number of hydrogen-bond donors (Lipinski definition) is 0. The molecule has 0 unspecified atom stereocenters. The van der Waals surface area contributed by atoms with Gasteiger partial charge in [-0.3, -0.25) is 9.59 Å². The number of nitrogens with zero attached hydrogens (tertiary/aromatic N) is 5. The van der Waals surface area contributed by atoms with Gasteiger partial charge in [0.05, 0.1) is 13.2 Å². The number of carbonyl (C=O) groups excluding carboxylic acids is 2. The molecule has 0 aliphatic carbocycles. The van der Waals surface area contributed by atoms with Crippen molar-refractivity contribution < 1.29 is 14.3 Å². The summed E-state index contributed by atoms with van der Waals surface area (Å²) in [6.45, 7) is 11.2. The molecule has 8 nitrogen and oxygen atoms in total. The molecule has 8 heteroatoms. The first-order valence-electron chi connectivity index (χ1n) is 13.9. The van der Waals surface area contributed by atoms with E-state index in [4.69, 9.17) is 4.74 Å². The summed E-state index contributed by atoms with van der Waals surface area (Å²) in [6, 6.07) is 0. The van der Waals surface area contributed by atoms with Crippen molar-refractivity contribution in [2.45, 2.75) is 64.2 Å². The first-order chi connectivity index (χ1) is 16.8. The highest BCUT2D eigenvalue weighted by molar-refractivity contribution is 5.77. The maximum Gasteiger partial charge on any atom is 0.222 e. The van der Waals surface area contributed by atoms with Crippen LogP contribution in [0.5, 0.6) is 0 Å². The van der Waals surface area contributed by atoms with Crippen LogP contribution < -0.4 is 0 Å². The van der Waals surface area contributed by atoms with Crippen LogP contribution in [-0.4, -0.2) is 137 Å². The zero-order valence-electron chi connectivity index (χ0n) is 23.6. The number of rotatable bonds is 0. The van der Waals surface area contributed by atoms with Crippen LogP contribution in [0.15, 0.2) is 0 Å². The monoisotopic (exact) mass is 497 g/mol. The molecule has 0 saturated carbocycles. The third kappa shape index (κ3) is 17.0. The molecule has 5 rings (SSSR count). The van der Waals surface area contributed by atoms with E-state index in [0.29, 0.717) is 11.8 Å². The molecule has 35 heavy (non-hydrogen) atoms. The number of likely N-dealkylation sites (tertiary alicyclic amines) is 4. The zero-order chi connectivity index (χ0) is 25.9. The van der Waals surface area contributed by atoms with Gasteiger partial charge in [0.1, 0.15) is 0 Å². The van der Waals surface area contributed by atoms with Gasteiger partial charge in [-0.25, -0.2) is 0 Å². The van der Waals surface area contributed by atoms with E-state index in [9.17, 15) is 9.59 Å². The zero-order valence-corrected chi connectivity index (χ0v) is 23.6. The Bertz CT molecular complexity index is 529. The minimum atomic E-state index is 0.292. The second kappa shape index (κ2) is 19.9. The molecule has 5 fully saturated rings. The molecule has 0 bridgehead atoms. The summed E-state index contributed by atoms with van der Waals surface area (Å²) < 4.78 is 5.10. The van der Waals surface area contributed by atoms with Crippen LogP contribution in [0, 0.1) is 0 Å². The normalized spacial score (nSPS) is 23.7. The average Bonchev–Trinajstić information content (AvgIpc) is 3.49. The van der Waals surface area contributed by atoms with Gasteiger partial charge in [0.25, 0.3) is 0 Å². The Morgan fingerprint density at radius 3 is 1.06 bits per heavy atom. The Morgan fingerprint density at radius 2 is 0.829 bits per heavy atom. The predicted octanol–water partition coefficient (Wildman–Crippen LogP) is 2.63. The maximum absolute atomic E-state index is 10.7. The third-order valence-corrected chi connectivity index (χ3v) is 7.01. The summed E-state index contributed by atoms with van der Waals surface area (Å²) in [5.41, 5.74) is 0. The summed E-state index contributed by atoms with van der Waals surface area (Å²) in [4.78, 5) is 31.8. The molecule has 0 aromatic rings. The van der Waals surface area contributed by atoms with Crippen molar-refractivity contribution in [1.29, 1.82) is 0 Å². The van der Waals surface area contributed by atoms with Crippen LogP contribution in [0.3, 0.4) is 0 Å². The quantitative estimate of drug-likeness (QED) is 0.513. The van der Waals surface area contributed by atoms with Crippen molar-refractivity contribution in [3.8, 4) is 0 Å². The van der Waals surface area contributed by atoms with E-state index in [1.807, 2.05) is 14.1 Å². The first-order valence-corrected chi connectivity index (χ1v) is 13.9. The van der Waals surface area contributed by atoms with E-state index in [2.05, 4.69) is 35.8 Å². The minimum Gasteiger partial charge on any atom is -0.379 e. The summed E-state index contributed by atoms with van der Waals surface area (Å²) in [5.74, 6) is 0.594. The largest absolute Gasteiger partial charge is 0.379 e. The highest BCUT2D eigenvalue weighted by Gasteiger charge is 2.14. The molecule has 206 valence electrons. The number of amides is 2. The highest BCUT2D eigenvalue weighted by Crippen LogP contribution is 2.07. The van der Waals surface area contributed by atoms with Crippen molar-refractivity contribution in [2.75, 3.05) is 101 Å². The van der Waals surface area contributed by atoms with Crippen molar-refractivity contribution in [3.05, 3.63) is 0 Å². The van der Waals surface area contributed by atoms with Gasteiger partial charge in [0, 0.05) is 53.1 Å². The standard InChI is InChI=1S/C6H11NO.C6H13N.C5H11NO.C5H9NO.C5H11N/c1-7-5-3-2-4-6(7)8;1-7-5-3-2-4-6-7;1-6-2-4-7-5-3-6;1-6-4-2-3-5(6)7;1-6-4-2-3-5-6/h2-5H2,1H3;2-6H2,1H3;2-5H2,1H3;2-4H2,1H3;2-5H2,1H3. The number of morpholine rings is 1. The molecule has 0 N–H and O–H groups in total. The topological polar surface area (TPSA) is 59.6 Å². The minimum absolute atomic E-state index is 0.292. The fourth-order valence-electron chi connectivity index (χ4n) is 4.31. The van der Waals surface area contributed by atoms with Crippen molar-refractivity contribution in [2.24, 2.45) is 0 Å². The van der Waals surface area contributed by atoms with Crippen molar-refractivity contribution in [3.63, 3.8) is 0 Å². The fraction of sp³-hybridized carbons (Fsp3) is 0.926. The van der Waals surface area contributed by atoms with Crippen molar-refractivity contribution in [1.82, 2.24) is 24.5 Å². The van der Waals surface area contributed by atoms with Gasteiger partial charge >= 0.3 is 0 Å². The third-order valence-electron chi connectivity index (χ3n) is 7.01. The average molecular weight is 498 g/mol. The lowest BCUT2D eigenvalue weighted by Gasteiger charge is -2.21. The molecule has 0 radical (unpaired) electrons. The lowest BCUT2D eigenvalue weighted by molar-refractivity contribution is -0.131. The fourth-order valence-corrected chi connectivity index (χ4v) is 4.31. The van der Waals surface area contributed by atoms with E-state index < -0.39 is 0 Å². The van der Waals surface area contributed by atoms with E-state index in [1.54, 1.807) is 9.80 Å². The Hall–Kier alpha value is -1.22. The van der Waals surface area contributed by atoms with Gasteiger partial charge < -0.3 is 29.2 Å². The maximum atomic E-state index is 10.7. The van der Waals surface area contributed by atoms with Crippen molar-refractivity contribution >= 4 is 11.8 Å². The summed E-state index contributed by atoms with van der Waals surface area (Å²) in [7, 11) is 10.2. The van der Waals surface area contributed by atoms with Crippen LogP contribution in [0.1, 0.15) is 64.2 Å². The van der Waals surface area contributed by atoms with Gasteiger partial charge in [0.15, 0.2) is 0 Å². The first kappa shape index (κ1) is 31.8. The highest BCUT2D eigenvalue weighted by atomic mass is 16.5. The molecule has 0 aromatic carbocycles. The van der Waals surface area contributed by atoms with Crippen LogP contribution in [0.25, 0.3) is 0 Å². The van der Waals surface area contributed by atoms with Crippen LogP contribution >= 0.6 is 0 Å². The van der Waals surface area contributed by atoms with Gasteiger partial charge in [-0.2, -0.15) is 0 Å². The molecule has 0 atom stereocenters. The lowest BCUT2D eigenvalue weighted by Crippen LogP contribution is -2.32. The summed E-state index contributed by atoms with van der Waals surface area (Å²) >= 11 is 0. The Morgan fingerprint density at radius 1 is 0.457 bits per heavy atom. The number of hydrogen-bond acceptors (Lipinski definition) is 6. The Labute approximate surface area is 215 Å². The summed E-state index contributed by atoms with van der Waals surface area (Å²) in [6.07, 6.45) is 11.9. The lowest BCUT2D eigenvalue weighted by atomic mass is 10.1. The van der Waals surface area contributed by atoms with E-state index in [-0.39, 0.29) is 0 Å². The van der Waals surface area contributed by atoms with E-state index >= 15 is 0 Å². The van der Waals surface area contributed by atoms with Crippen LogP contribution in [0.2, 0.25) is 0 Å².